The number of piperazine rings is 1. The van der Waals surface area contributed by atoms with E-state index in [-0.39, 0.29) is 29.6 Å². The van der Waals surface area contributed by atoms with Crippen LogP contribution in [0.15, 0.2) is 0 Å². The monoisotopic (exact) mass is 323 g/mol. The van der Waals surface area contributed by atoms with Crippen molar-refractivity contribution in [2.45, 2.75) is 52.5 Å². The fourth-order valence-corrected chi connectivity index (χ4v) is 3.51. The molecule has 0 bridgehead atoms. The summed E-state index contributed by atoms with van der Waals surface area (Å²) in [5.74, 6) is 0.275. The molecule has 0 spiro atoms. The first-order valence-electron chi connectivity index (χ1n) is 8.75. The molecule has 130 valence electrons. The Morgan fingerprint density at radius 1 is 0.957 bits per heavy atom. The lowest BCUT2D eigenvalue weighted by Crippen LogP contribution is -2.57. The summed E-state index contributed by atoms with van der Waals surface area (Å²) < 4.78 is 0. The molecule has 1 N–H and O–H groups in total. The second-order valence-electron chi connectivity index (χ2n) is 7.05. The van der Waals surface area contributed by atoms with Crippen molar-refractivity contribution in [3.05, 3.63) is 0 Å². The Labute approximate surface area is 138 Å². The predicted octanol–water partition coefficient (Wildman–Crippen LogP) is 1.01. The van der Waals surface area contributed by atoms with E-state index < -0.39 is 6.04 Å². The first-order chi connectivity index (χ1) is 10.9. The van der Waals surface area contributed by atoms with Crippen LogP contribution in [0.5, 0.6) is 0 Å². The zero-order valence-corrected chi connectivity index (χ0v) is 14.5. The van der Waals surface area contributed by atoms with Crippen LogP contribution in [0, 0.1) is 11.8 Å². The van der Waals surface area contributed by atoms with Gasteiger partial charge in [-0.3, -0.25) is 14.4 Å². The van der Waals surface area contributed by atoms with Crippen molar-refractivity contribution in [3.63, 3.8) is 0 Å². The van der Waals surface area contributed by atoms with E-state index in [1.165, 1.54) is 6.92 Å². The third-order valence-electron chi connectivity index (χ3n) is 4.90. The molecule has 1 aliphatic heterocycles. The zero-order chi connectivity index (χ0) is 17.0. The van der Waals surface area contributed by atoms with Gasteiger partial charge >= 0.3 is 0 Å². The smallest absolute Gasteiger partial charge is 0.245 e. The molecule has 0 radical (unpaired) electrons. The quantitative estimate of drug-likeness (QED) is 0.839. The minimum atomic E-state index is -0.482. The first-order valence-corrected chi connectivity index (χ1v) is 8.75. The fraction of sp³-hybridized carbons (Fsp3) is 0.824. The lowest BCUT2D eigenvalue weighted by molar-refractivity contribution is -0.144. The molecule has 23 heavy (non-hydrogen) atoms. The van der Waals surface area contributed by atoms with Gasteiger partial charge in [0.05, 0.1) is 0 Å². The van der Waals surface area contributed by atoms with Gasteiger partial charge in [0.15, 0.2) is 0 Å². The van der Waals surface area contributed by atoms with Crippen molar-refractivity contribution in [2.24, 2.45) is 11.8 Å². The average Bonchev–Trinajstić information content (AvgIpc) is 3.05. The van der Waals surface area contributed by atoms with Crippen molar-refractivity contribution >= 4 is 17.7 Å². The van der Waals surface area contributed by atoms with Gasteiger partial charge in [-0.15, -0.1) is 0 Å². The van der Waals surface area contributed by atoms with Gasteiger partial charge in [-0.05, 0) is 18.8 Å². The van der Waals surface area contributed by atoms with Gasteiger partial charge in [-0.1, -0.05) is 26.7 Å². The third-order valence-corrected chi connectivity index (χ3v) is 4.90. The Morgan fingerprint density at radius 3 is 1.96 bits per heavy atom. The maximum absolute atomic E-state index is 12.6. The molecule has 1 heterocycles. The van der Waals surface area contributed by atoms with Gasteiger partial charge in [0.1, 0.15) is 6.04 Å². The zero-order valence-electron chi connectivity index (χ0n) is 14.5. The molecule has 1 aliphatic carbocycles. The van der Waals surface area contributed by atoms with Crippen molar-refractivity contribution in [1.82, 2.24) is 15.1 Å². The summed E-state index contributed by atoms with van der Waals surface area (Å²) in [6, 6.07) is -0.482. The molecule has 1 unspecified atom stereocenters. The van der Waals surface area contributed by atoms with Gasteiger partial charge in [0.2, 0.25) is 17.7 Å². The van der Waals surface area contributed by atoms with E-state index in [0.717, 1.165) is 25.7 Å². The molecule has 1 atom stereocenters. The van der Waals surface area contributed by atoms with Crippen molar-refractivity contribution in [2.75, 3.05) is 26.2 Å². The second-order valence-corrected chi connectivity index (χ2v) is 7.05. The highest BCUT2D eigenvalue weighted by molar-refractivity contribution is 5.87. The van der Waals surface area contributed by atoms with Crippen LogP contribution in [0.1, 0.15) is 46.5 Å². The average molecular weight is 323 g/mol. The highest BCUT2D eigenvalue weighted by atomic mass is 16.2. The maximum Gasteiger partial charge on any atom is 0.245 e. The number of hydrogen-bond donors (Lipinski definition) is 1. The van der Waals surface area contributed by atoms with E-state index in [9.17, 15) is 14.4 Å². The summed E-state index contributed by atoms with van der Waals surface area (Å²) in [7, 11) is 0. The normalized spacial score (nSPS) is 20.7. The summed E-state index contributed by atoms with van der Waals surface area (Å²) in [6.45, 7) is 7.61. The summed E-state index contributed by atoms with van der Waals surface area (Å²) >= 11 is 0. The van der Waals surface area contributed by atoms with Crippen LogP contribution in [0.3, 0.4) is 0 Å². The fourth-order valence-electron chi connectivity index (χ4n) is 3.51. The van der Waals surface area contributed by atoms with Gasteiger partial charge in [-0.2, -0.15) is 0 Å². The molecule has 3 amide bonds. The minimum absolute atomic E-state index is 0.0387. The standard InChI is InChI=1S/C17H29N3O3/c1-12(2)15(18-13(3)21)17(23)20-10-8-19(9-11-20)16(22)14-6-4-5-7-14/h12,14-15H,4-11H2,1-3H3,(H,18,21). The number of hydrogen-bond acceptors (Lipinski definition) is 3. The molecule has 2 rings (SSSR count). The number of nitrogens with zero attached hydrogens (tertiary/aromatic N) is 2. The van der Waals surface area contributed by atoms with E-state index in [4.69, 9.17) is 0 Å². The molecule has 2 aliphatic rings. The summed E-state index contributed by atoms with van der Waals surface area (Å²) in [5.41, 5.74) is 0. The van der Waals surface area contributed by atoms with Crippen molar-refractivity contribution in [1.29, 1.82) is 0 Å². The van der Waals surface area contributed by atoms with Gasteiger partial charge in [0.25, 0.3) is 0 Å². The van der Waals surface area contributed by atoms with E-state index in [1.54, 1.807) is 4.90 Å². The number of rotatable bonds is 4. The molecular formula is C17H29N3O3. The second kappa shape index (κ2) is 7.79. The highest BCUT2D eigenvalue weighted by Crippen LogP contribution is 2.27. The van der Waals surface area contributed by atoms with E-state index in [0.29, 0.717) is 26.2 Å². The summed E-state index contributed by atoms with van der Waals surface area (Å²) in [5, 5.41) is 2.74. The van der Waals surface area contributed by atoms with E-state index in [2.05, 4.69) is 5.32 Å². The van der Waals surface area contributed by atoms with Gasteiger partial charge < -0.3 is 15.1 Å². The molecule has 1 saturated heterocycles. The van der Waals surface area contributed by atoms with E-state index in [1.807, 2.05) is 18.7 Å². The van der Waals surface area contributed by atoms with Crippen LogP contribution in [0.2, 0.25) is 0 Å². The largest absolute Gasteiger partial charge is 0.344 e. The number of nitrogens with one attached hydrogen (secondary N) is 1. The third kappa shape index (κ3) is 4.45. The first kappa shape index (κ1) is 17.8. The highest BCUT2D eigenvalue weighted by Gasteiger charge is 2.33. The molecule has 6 nitrogen and oxygen atoms in total. The molecular weight excluding hydrogens is 294 g/mol. The van der Waals surface area contributed by atoms with Crippen LogP contribution >= 0.6 is 0 Å². The lowest BCUT2D eigenvalue weighted by atomic mass is 10.0. The van der Waals surface area contributed by atoms with Crippen LogP contribution < -0.4 is 5.32 Å². The molecule has 6 heteroatoms. The topological polar surface area (TPSA) is 69.7 Å². The molecule has 1 saturated carbocycles. The van der Waals surface area contributed by atoms with Crippen LogP contribution in [0.25, 0.3) is 0 Å². The Morgan fingerprint density at radius 2 is 1.48 bits per heavy atom. The maximum atomic E-state index is 12.6. The van der Waals surface area contributed by atoms with Crippen LogP contribution in [-0.2, 0) is 14.4 Å². The Bertz CT molecular complexity index is 450. The predicted molar refractivity (Wildman–Crippen MR) is 87.6 cm³/mol. The van der Waals surface area contributed by atoms with E-state index >= 15 is 0 Å². The van der Waals surface area contributed by atoms with Gasteiger partial charge in [-0.25, -0.2) is 0 Å². The number of amides is 3. The molecule has 0 aromatic carbocycles. The lowest BCUT2D eigenvalue weighted by Gasteiger charge is -2.38. The number of carbonyl (C=O) groups is 3. The molecule has 0 aromatic rings. The Balaban J connectivity index is 1.88. The SMILES string of the molecule is CC(=O)NC(C(=O)N1CCN(C(=O)C2CCCC2)CC1)C(C)C. The molecule has 0 aromatic heterocycles. The summed E-state index contributed by atoms with van der Waals surface area (Å²) in [6.07, 6.45) is 4.33. The van der Waals surface area contributed by atoms with Crippen molar-refractivity contribution in [3.8, 4) is 0 Å². The minimum Gasteiger partial charge on any atom is -0.344 e. The molecule has 2 fully saturated rings. The van der Waals surface area contributed by atoms with Crippen molar-refractivity contribution < 1.29 is 14.4 Å². The Hall–Kier alpha value is -1.59. The van der Waals surface area contributed by atoms with Crippen LogP contribution in [0.4, 0.5) is 0 Å². The number of carbonyl (C=O) groups excluding carboxylic acids is 3. The Kier molecular flexibility index (Phi) is 6.02. The van der Waals surface area contributed by atoms with Crippen LogP contribution in [-0.4, -0.2) is 59.7 Å². The van der Waals surface area contributed by atoms with Gasteiger partial charge in [0, 0.05) is 39.0 Å². The summed E-state index contributed by atoms with van der Waals surface area (Å²) in [4.78, 5) is 40.0.